The van der Waals surface area contributed by atoms with Gasteiger partial charge in [0.2, 0.25) is 0 Å². The number of hydrogen-bond donors (Lipinski definition) is 0. The molecule has 0 bridgehead atoms. The monoisotopic (exact) mass is 909 g/mol. The zero-order chi connectivity index (χ0) is 48.0. The maximum atomic E-state index is 7.30. The van der Waals surface area contributed by atoms with Crippen LogP contribution in [-0.2, 0) is 28.7 Å². The molecule has 4 nitrogen and oxygen atoms in total. The highest BCUT2D eigenvalue weighted by molar-refractivity contribution is 7.33. The summed E-state index contributed by atoms with van der Waals surface area (Å²) in [5, 5.41) is 3.67. The van der Waals surface area contributed by atoms with Crippen molar-refractivity contribution in [1.29, 1.82) is 0 Å². The summed E-state index contributed by atoms with van der Waals surface area (Å²) in [7, 11) is 2.23. The summed E-state index contributed by atoms with van der Waals surface area (Å²) in [5.41, 5.74) is 18.2. The number of aromatic nitrogens is 1. The fourth-order valence-corrected chi connectivity index (χ4v) is 12.0. The number of para-hydroxylation sites is 1. The Morgan fingerprint density at radius 3 is 1.71 bits per heavy atom. The van der Waals surface area contributed by atoms with Crippen molar-refractivity contribution in [3.8, 4) is 11.5 Å². The second kappa shape index (κ2) is 15.1. The molecular weight excluding hydrogens is 846 g/mol. The Labute approximate surface area is 408 Å². The number of ether oxygens (including phenoxy) is 1. The first-order valence-corrected chi connectivity index (χ1v) is 25.2. The van der Waals surface area contributed by atoms with Crippen molar-refractivity contribution in [3.05, 3.63) is 161 Å². The average molecular weight is 910 g/mol. The molecule has 0 unspecified atom stereocenters. The van der Waals surface area contributed by atoms with Crippen molar-refractivity contribution < 1.29 is 4.74 Å². The van der Waals surface area contributed by atoms with Crippen LogP contribution < -0.4 is 30.2 Å². The van der Waals surface area contributed by atoms with Crippen molar-refractivity contribution in [2.24, 2.45) is 7.05 Å². The van der Waals surface area contributed by atoms with Gasteiger partial charge in [-0.25, -0.2) is 0 Å². The molecular formula is C62H64BN3OS. The van der Waals surface area contributed by atoms with Gasteiger partial charge in [-0.05, 0) is 140 Å². The molecule has 0 amide bonds. The zero-order valence-electron chi connectivity index (χ0n) is 42.4. The summed E-state index contributed by atoms with van der Waals surface area (Å²) in [4.78, 5) is 5.05. The number of anilines is 6. The molecule has 2 aliphatic rings. The molecule has 0 aliphatic carbocycles. The molecule has 0 fully saturated rings. The predicted molar refractivity (Wildman–Crippen MR) is 296 cm³/mol. The quantitative estimate of drug-likeness (QED) is 0.164. The van der Waals surface area contributed by atoms with Crippen LogP contribution in [-0.4, -0.2) is 11.3 Å². The van der Waals surface area contributed by atoms with Gasteiger partial charge in [0.05, 0.1) is 16.9 Å². The normalized spacial score (nSPS) is 13.8. The average Bonchev–Trinajstić information content (AvgIpc) is 3.79. The fraction of sp³-hybridized carbons (Fsp3) is 0.290. The van der Waals surface area contributed by atoms with E-state index in [9.17, 15) is 0 Å². The Balaban J connectivity index is 1.22. The largest absolute Gasteiger partial charge is 0.457 e. The third-order valence-electron chi connectivity index (χ3n) is 14.7. The maximum Gasteiger partial charge on any atom is 0.268 e. The maximum absolute atomic E-state index is 7.30. The number of hydrogen-bond acceptors (Lipinski definition) is 4. The molecule has 0 atom stereocenters. The molecule has 0 N–H and O–H groups in total. The van der Waals surface area contributed by atoms with Gasteiger partial charge in [0.25, 0.3) is 6.71 Å². The smallest absolute Gasteiger partial charge is 0.268 e. The van der Waals surface area contributed by atoms with Crippen LogP contribution in [0.3, 0.4) is 0 Å². The summed E-state index contributed by atoms with van der Waals surface area (Å²) < 4.78 is 12.2. The fourth-order valence-electron chi connectivity index (χ4n) is 10.8. The van der Waals surface area contributed by atoms with Crippen LogP contribution in [0.4, 0.5) is 34.1 Å². The molecule has 9 aromatic rings. The van der Waals surface area contributed by atoms with Crippen LogP contribution in [0.5, 0.6) is 11.5 Å². The van der Waals surface area contributed by atoms with Gasteiger partial charge in [-0.15, -0.1) is 11.3 Å². The van der Waals surface area contributed by atoms with Crippen molar-refractivity contribution >= 4 is 99.8 Å². The van der Waals surface area contributed by atoms with E-state index in [0.717, 1.165) is 34.2 Å². The van der Waals surface area contributed by atoms with Gasteiger partial charge in [-0.1, -0.05) is 144 Å². The lowest BCUT2D eigenvalue weighted by Gasteiger charge is -2.41. The van der Waals surface area contributed by atoms with Crippen molar-refractivity contribution in [2.45, 2.75) is 112 Å². The van der Waals surface area contributed by atoms with Gasteiger partial charge in [0.1, 0.15) is 11.5 Å². The number of aryl methyl sites for hydroxylation is 2. The molecule has 2 aromatic heterocycles. The highest BCUT2D eigenvalue weighted by atomic mass is 32.1. The summed E-state index contributed by atoms with van der Waals surface area (Å²) in [5.74, 6) is 1.95. The first-order chi connectivity index (χ1) is 32.1. The minimum Gasteiger partial charge on any atom is -0.457 e. The zero-order valence-corrected chi connectivity index (χ0v) is 43.3. The minimum atomic E-state index is -0.0552. The molecule has 342 valence electrons. The Kier molecular flexibility index (Phi) is 9.85. The van der Waals surface area contributed by atoms with Gasteiger partial charge in [0.15, 0.2) is 0 Å². The van der Waals surface area contributed by atoms with Crippen molar-refractivity contribution in [2.75, 3.05) is 9.80 Å². The van der Waals surface area contributed by atoms with E-state index in [1.54, 1.807) is 0 Å². The number of nitrogens with zero attached hydrogens (tertiary/aromatic N) is 3. The second-order valence-corrected chi connectivity index (χ2v) is 24.8. The van der Waals surface area contributed by atoms with E-state index in [1.807, 2.05) is 11.3 Å². The number of rotatable bonds is 4. The van der Waals surface area contributed by atoms with E-state index in [4.69, 9.17) is 4.74 Å². The Hall–Kier alpha value is -6.24. The first-order valence-electron chi connectivity index (χ1n) is 24.4. The Morgan fingerprint density at radius 1 is 0.515 bits per heavy atom. The van der Waals surface area contributed by atoms with Crippen LogP contribution in [0.25, 0.3) is 31.9 Å². The van der Waals surface area contributed by atoms with E-state index in [1.165, 1.54) is 86.8 Å². The lowest BCUT2D eigenvalue weighted by atomic mass is 9.36. The molecule has 4 heterocycles. The summed E-state index contributed by atoms with van der Waals surface area (Å²) in [6.45, 7) is 29.8. The van der Waals surface area contributed by atoms with Gasteiger partial charge in [-0.3, -0.25) is 0 Å². The molecule has 11 rings (SSSR count). The minimum absolute atomic E-state index is 0.00117. The van der Waals surface area contributed by atoms with E-state index in [0.29, 0.717) is 0 Å². The van der Waals surface area contributed by atoms with E-state index >= 15 is 0 Å². The standard InChI is InChI=1S/C62H64BN3OS/c1-37-31-52-56-53(32-37)67-57-46-33-40(61(8,9)10)24-30-54(46)68-58(57)63(56)47-34-41(62(11,12)13)23-29-49(47)66(52)51-36-44(35-50-55(51)45-17-15-16-18-48(45)64(50)14)65(42-25-19-38(20-26-42)59(2,3)4)43-27-21-39(22-28-43)60(5,6)7/h15-36H,1-14H3. The predicted octanol–water partition coefficient (Wildman–Crippen LogP) is 15.9. The van der Waals surface area contributed by atoms with Crippen LogP contribution in [0.1, 0.15) is 111 Å². The van der Waals surface area contributed by atoms with E-state index in [-0.39, 0.29) is 28.4 Å². The molecule has 6 heteroatoms. The number of benzene rings is 7. The molecule has 2 aliphatic heterocycles. The molecule has 68 heavy (non-hydrogen) atoms. The highest BCUT2D eigenvalue weighted by Crippen LogP contribution is 2.51. The highest BCUT2D eigenvalue weighted by Gasteiger charge is 2.45. The number of thiophene rings is 1. The lowest BCUT2D eigenvalue weighted by molar-refractivity contribution is 0.494. The number of fused-ring (bicyclic) bond motifs is 9. The molecule has 0 radical (unpaired) electrons. The van der Waals surface area contributed by atoms with E-state index < -0.39 is 0 Å². The van der Waals surface area contributed by atoms with Gasteiger partial charge in [-0.2, -0.15) is 0 Å². The topological polar surface area (TPSA) is 20.6 Å². The summed E-state index contributed by atoms with van der Waals surface area (Å²) in [6, 6.07) is 51.2. The lowest BCUT2D eigenvalue weighted by Crippen LogP contribution is -2.58. The first kappa shape index (κ1) is 44.3. The third-order valence-corrected chi connectivity index (χ3v) is 15.9. The SMILES string of the molecule is Cc1cc2c3c(c1)N(c1cc(N(c4ccc(C(C)(C)C)cc4)c4ccc(C(C)(C)C)cc4)cc4c1c1ccccc1n4C)c1ccc(C(C)(C)C)cc1B3c1sc3ccc(C(C)(C)C)cc3c1O2. The van der Waals surface area contributed by atoms with Gasteiger partial charge in [0, 0.05) is 60.9 Å². The summed E-state index contributed by atoms with van der Waals surface area (Å²) in [6.07, 6.45) is 0. The second-order valence-electron chi connectivity index (χ2n) is 23.7. The van der Waals surface area contributed by atoms with Crippen molar-refractivity contribution in [1.82, 2.24) is 4.57 Å². The van der Waals surface area contributed by atoms with Crippen LogP contribution in [0.15, 0.2) is 133 Å². The van der Waals surface area contributed by atoms with E-state index in [2.05, 4.69) is 245 Å². The Bertz CT molecular complexity index is 3430. The van der Waals surface area contributed by atoms with Gasteiger partial charge < -0.3 is 19.1 Å². The van der Waals surface area contributed by atoms with Gasteiger partial charge >= 0.3 is 0 Å². The third kappa shape index (κ3) is 7.08. The van der Waals surface area contributed by atoms with Crippen LogP contribution >= 0.6 is 11.3 Å². The van der Waals surface area contributed by atoms with Crippen LogP contribution in [0, 0.1) is 6.92 Å². The molecule has 0 spiro atoms. The summed E-state index contributed by atoms with van der Waals surface area (Å²) >= 11 is 1.90. The van der Waals surface area contributed by atoms with Crippen LogP contribution in [0.2, 0.25) is 0 Å². The molecule has 7 aromatic carbocycles. The Morgan fingerprint density at radius 2 is 1.09 bits per heavy atom. The molecule has 0 saturated heterocycles. The molecule has 0 saturated carbocycles. The van der Waals surface area contributed by atoms with Crippen molar-refractivity contribution in [3.63, 3.8) is 0 Å².